The van der Waals surface area contributed by atoms with Crippen LogP contribution in [0.25, 0.3) is 0 Å². The van der Waals surface area contributed by atoms with E-state index in [0.29, 0.717) is 133 Å². The molecule has 10 aliphatic heterocycles. The van der Waals surface area contributed by atoms with Crippen molar-refractivity contribution in [1.29, 1.82) is 0 Å². The van der Waals surface area contributed by atoms with E-state index < -0.39 is 23.3 Å². The summed E-state index contributed by atoms with van der Waals surface area (Å²) in [5.41, 5.74) is 41.7. The van der Waals surface area contributed by atoms with E-state index in [4.69, 9.17) is 105 Å². The number of fused-ring (bicyclic) bond motifs is 5. The number of benzene rings is 5. The number of aromatic nitrogens is 10. The van der Waals surface area contributed by atoms with Crippen molar-refractivity contribution >= 4 is 105 Å². The van der Waals surface area contributed by atoms with Gasteiger partial charge in [-0.25, -0.2) is 54.2 Å². The Labute approximate surface area is 899 Å². The molecule has 5 fully saturated rings. The van der Waals surface area contributed by atoms with Gasteiger partial charge in [0.15, 0.2) is 0 Å². The van der Waals surface area contributed by atoms with E-state index >= 15 is 0 Å². The first-order valence-corrected chi connectivity index (χ1v) is 53.0. The molecule has 0 aliphatic carbocycles. The molecule has 15 heterocycles. The highest BCUT2D eigenvalue weighted by molar-refractivity contribution is 6.31. The lowest BCUT2D eigenvalue weighted by molar-refractivity contribution is -0.134. The quantitative estimate of drug-likeness (QED) is 0.0355. The summed E-state index contributed by atoms with van der Waals surface area (Å²) in [6.45, 7) is 46.9. The molecule has 0 bridgehead atoms. The summed E-state index contributed by atoms with van der Waals surface area (Å²) in [4.78, 5) is 106. The van der Waals surface area contributed by atoms with E-state index in [0.717, 1.165) is 202 Å². The molecule has 0 radical (unpaired) electrons. The predicted molar refractivity (Wildman–Crippen MR) is 584 cm³/mol. The van der Waals surface area contributed by atoms with Crippen molar-refractivity contribution in [3.63, 3.8) is 0 Å². The number of hydrogen-bond donors (Lipinski definition) is 5. The topological polar surface area (TPSA) is 375 Å². The molecule has 3 amide bonds. The fraction of sp³-hybridized carbons (Fsp3) is 0.482. The number of carbonyl (C=O) groups excluding carboxylic acids is 3. The number of carbonyl (C=O) groups is 3. The van der Waals surface area contributed by atoms with Crippen molar-refractivity contribution in [2.24, 2.45) is 22.9 Å². The van der Waals surface area contributed by atoms with Gasteiger partial charge in [0.05, 0.1) is 115 Å². The highest BCUT2D eigenvalue weighted by atomic mass is 35.5. The number of amides is 3. The minimum atomic E-state index is -0.587. The number of hydrogen-bond acceptors (Lipinski definition) is 30. The number of nitrogens with zero attached hydrogens (tertiary/aromatic N) is 20. The number of nitrogens with two attached hydrogens (primary N) is 4. The maximum atomic E-state index is 14.1. The lowest BCUT2D eigenvalue weighted by Gasteiger charge is -2.43. The van der Waals surface area contributed by atoms with Crippen LogP contribution in [0.3, 0.4) is 0 Å². The molecular formula is C110H141Cl5FN25O8. The number of halogens is 6. The van der Waals surface area contributed by atoms with Crippen molar-refractivity contribution in [3.05, 3.63) is 286 Å². The van der Waals surface area contributed by atoms with Crippen LogP contribution >= 0.6 is 58.0 Å². The summed E-state index contributed by atoms with van der Waals surface area (Å²) < 4.78 is 42.8. The Hall–Kier alpha value is -11.0. The SMILES string of the molecule is C.C=C([C@H](CN)c1ccc(Cl)cc1)N1CCN(c2ncnc3c2[C@H](C)OC3)CC1.C=C([C@H](N)Cc1ccc(Cl)cc1)N1CCN(c2ncnc3c2C(C)OC3)[C@@H](C)C1.CC(C)NCC(C(=O)N1CCN(c2ncnc3c2C(C)OC3)CC1)c1ccc(Cl)cc1.CC1OCc2ncnc(N3CCN(C(=O)C(CC(C)(C)N)c4ccc(Cl)c(F)c4)CC3)c21.CC1OCc2ncnc(N3CCN(C(=O)[C@@H](N)Cc4ccc(Cl)cc4)CC3)c21. The number of nitrogens with one attached hydrogen (secondary N) is 1. The molecule has 9 N–H and O–H groups in total. The molecule has 796 valence electrons. The van der Waals surface area contributed by atoms with Gasteiger partial charge in [-0.3, -0.25) is 14.4 Å². The third-order valence-electron chi connectivity index (χ3n) is 29.1. The summed E-state index contributed by atoms with van der Waals surface area (Å²) in [5.74, 6) is 3.64. The first kappa shape index (κ1) is 112. The zero-order valence-electron chi connectivity index (χ0n) is 86.0. The van der Waals surface area contributed by atoms with Crippen LogP contribution in [0.5, 0.6) is 0 Å². The van der Waals surface area contributed by atoms with E-state index in [1.165, 1.54) is 17.7 Å². The van der Waals surface area contributed by atoms with Crippen LogP contribution in [0.2, 0.25) is 25.1 Å². The van der Waals surface area contributed by atoms with E-state index in [2.05, 4.69) is 137 Å². The van der Waals surface area contributed by atoms with Gasteiger partial charge >= 0.3 is 0 Å². The first-order valence-electron chi connectivity index (χ1n) is 51.1. The maximum absolute atomic E-state index is 14.1. The monoisotopic (exact) mass is 2130 g/mol. The summed E-state index contributed by atoms with van der Waals surface area (Å²) in [5, 5.41) is 6.29. The molecule has 149 heavy (non-hydrogen) atoms. The average Bonchev–Trinajstić information content (AvgIpc) is 1.68. The van der Waals surface area contributed by atoms with Crippen LogP contribution in [0, 0.1) is 5.82 Å². The average molecular weight is 2140 g/mol. The molecule has 11 atom stereocenters. The molecule has 10 aliphatic rings. The van der Waals surface area contributed by atoms with Gasteiger partial charge in [-0.15, -0.1) is 0 Å². The van der Waals surface area contributed by atoms with Crippen molar-refractivity contribution in [2.75, 3.05) is 162 Å². The minimum Gasteiger partial charge on any atom is -0.371 e. The zero-order valence-corrected chi connectivity index (χ0v) is 89.8. The van der Waals surface area contributed by atoms with Gasteiger partial charge in [0, 0.05) is 226 Å². The second-order valence-corrected chi connectivity index (χ2v) is 42.4. The number of anilines is 5. The molecule has 5 aromatic carbocycles. The van der Waals surface area contributed by atoms with Crippen LogP contribution < -0.4 is 52.8 Å². The number of piperazine rings is 5. The molecule has 0 spiro atoms. The largest absolute Gasteiger partial charge is 0.371 e. The first-order chi connectivity index (χ1) is 71.1. The second kappa shape index (κ2) is 50.9. The molecule has 5 aromatic heterocycles. The summed E-state index contributed by atoms with van der Waals surface area (Å²) in [7, 11) is 0. The molecular weight excluding hydrogens is 2000 g/mol. The molecule has 33 nitrogen and oxygen atoms in total. The van der Waals surface area contributed by atoms with Gasteiger partial charge in [0.25, 0.3) is 0 Å². The second-order valence-electron chi connectivity index (χ2n) is 40.2. The predicted octanol–water partition coefficient (Wildman–Crippen LogP) is 15.6. The number of rotatable bonds is 25. The summed E-state index contributed by atoms with van der Waals surface area (Å²) in [6.07, 6.45) is 9.77. The Morgan fingerprint density at radius 1 is 0.409 bits per heavy atom. The molecule has 6 unspecified atom stereocenters. The standard InChI is InChI=1S/C23H29ClFN5O2.C23H30ClN5O2.C22H28ClN5O.C21H26ClN5O.C20H24ClN5O2.CH4/c1-14-20-19(12-32-14)27-13-28-21(20)29-6-8-30(9-7-29)22(31)16(11-23(2,3)26)15-4-5-17(24)18(25)10-15;1-15(2)25-12-19(17-4-6-18(24)7-5-17)23(30)29-10-8-28(9-11-29)22-21-16(3)31-13-20(21)26-14-27-22;1-14-11-27(15(2)19(24)10-17-4-6-18(23)7-5-17)8-9-28(14)22-21-16(3)29-12-20(21)25-13-26-22;1-14(18(11-23)16-3-5-17(22)6-4-16)26-7-9-27(10-8-26)21-20-15(2)28-12-19(20)24-13-25-21;1-13-18-17(11-28-13)23-12-24-19(18)25-6-8-26(9-7-25)20(27)16(22)10-14-2-4-15(21)5-3-14;/h4-5,10,13-14,16H,6-9,11-12,26H2,1-3H3;4-7,14-16,19,25H,8-13H2,1-3H3;4-7,13-14,16,19H,2,8-12,24H2,1,3H3;3-6,13,15,18H,1,7-12,23H2,2H3;2-5,12-13,16H,6-11,22H2,1H3;1H4/t;;14-,16?,19+;15-,18-;13?,16-;/m..000./s1. The Morgan fingerprint density at radius 3 is 1.07 bits per heavy atom. The van der Waals surface area contributed by atoms with Gasteiger partial charge in [-0.05, 0) is 163 Å². The molecule has 10 aromatic rings. The van der Waals surface area contributed by atoms with Crippen LogP contribution in [-0.2, 0) is 83.9 Å². The lowest BCUT2D eigenvalue weighted by Crippen LogP contribution is -2.54. The van der Waals surface area contributed by atoms with Crippen LogP contribution in [0.15, 0.2) is 171 Å². The minimum absolute atomic E-state index is 0. The normalized spacial score (nSPS) is 20.3. The Morgan fingerprint density at radius 2 is 0.725 bits per heavy atom. The van der Waals surface area contributed by atoms with Crippen molar-refractivity contribution < 1.29 is 42.5 Å². The van der Waals surface area contributed by atoms with E-state index in [1.807, 2.05) is 146 Å². The van der Waals surface area contributed by atoms with Crippen LogP contribution in [-0.4, -0.2) is 259 Å². The fourth-order valence-electron chi connectivity index (χ4n) is 20.8. The Bertz CT molecular complexity index is 6240. The fourth-order valence-corrected chi connectivity index (χ4v) is 21.5. The van der Waals surface area contributed by atoms with E-state index in [1.54, 1.807) is 37.7 Å². The summed E-state index contributed by atoms with van der Waals surface area (Å²) >= 11 is 29.8. The van der Waals surface area contributed by atoms with Gasteiger partial charge < -0.3 is 101 Å². The van der Waals surface area contributed by atoms with Crippen molar-refractivity contribution in [2.45, 2.75) is 207 Å². The summed E-state index contributed by atoms with van der Waals surface area (Å²) in [6, 6.07) is 35.3. The molecule has 0 saturated carbocycles. The van der Waals surface area contributed by atoms with Gasteiger partial charge in [-0.1, -0.05) is 147 Å². The molecule has 5 saturated heterocycles. The van der Waals surface area contributed by atoms with Crippen molar-refractivity contribution in [3.8, 4) is 0 Å². The smallest absolute Gasteiger partial charge is 0.239 e. The molecule has 20 rings (SSSR count). The van der Waals surface area contributed by atoms with Crippen LogP contribution in [0.4, 0.5) is 33.5 Å². The Balaban J connectivity index is 0.000000139. The highest BCUT2D eigenvalue weighted by Crippen LogP contribution is 2.43. The van der Waals surface area contributed by atoms with E-state index in [9.17, 15) is 18.8 Å². The van der Waals surface area contributed by atoms with Gasteiger partial charge in [-0.2, -0.15) is 0 Å². The van der Waals surface area contributed by atoms with Crippen molar-refractivity contribution in [1.82, 2.24) is 79.7 Å². The zero-order chi connectivity index (χ0) is 105. The van der Waals surface area contributed by atoms with Gasteiger partial charge in [0.1, 0.15) is 66.5 Å². The van der Waals surface area contributed by atoms with Crippen LogP contribution in [0.1, 0.15) is 215 Å². The lowest BCUT2D eigenvalue weighted by atomic mass is 9.85. The maximum Gasteiger partial charge on any atom is 0.239 e. The highest BCUT2D eigenvalue weighted by Gasteiger charge is 2.41. The van der Waals surface area contributed by atoms with E-state index in [-0.39, 0.29) is 84.6 Å². The van der Waals surface area contributed by atoms with Gasteiger partial charge in [0.2, 0.25) is 17.7 Å². The molecule has 39 heteroatoms. The third kappa shape index (κ3) is 27.4. The number of ether oxygens (including phenoxy) is 5. The Kier molecular flexibility index (Phi) is 38.3. The third-order valence-corrected chi connectivity index (χ3v) is 30.5.